The van der Waals surface area contributed by atoms with Gasteiger partial charge in [-0.3, -0.25) is 4.79 Å². The molecule has 0 saturated carbocycles. The first-order valence-corrected chi connectivity index (χ1v) is 11.1. The van der Waals surface area contributed by atoms with Crippen molar-refractivity contribution in [3.8, 4) is 17.1 Å². The largest absolute Gasteiger partial charge is 0.505 e. The zero-order chi connectivity index (χ0) is 23.1. The van der Waals surface area contributed by atoms with Crippen molar-refractivity contribution >= 4 is 22.5 Å². The summed E-state index contributed by atoms with van der Waals surface area (Å²) in [5, 5.41) is 11.4. The van der Waals surface area contributed by atoms with Crippen LogP contribution in [0.5, 0.6) is 5.75 Å². The predicted molar refractivity (Wildman–Crippen MR) is 131 cm³/mol. The van der Waals surface area contributed by atoms with E-state index >= 15 is 0 Å². The molecular formula is C27H26N4O2. The monoisotopic (exact) mass is 438 g/mol. The molecule has 6 nitrogen and oxygen atoms in total. The van der Waals surface area contributed by atoms with E-state index in [1.54, 1.807) is 0 Å². The minimum atomic E-state index is -0.121. The van der Waals surface area contributed by atoms with Gasteiger partial charge in [0.2, 0.25) is 0 Å². The fourth-order valence-corrected chi connectivity index (χ4v) is 4.38. The summed E-state index contributed by atoms with van der Waals surface area (Å²) in [4.78, 5) is 26.8. The highest BCUT2D eigenvalue weighted by Crippen LogP contribution is 2.36. The second kappa shape index (κ2) is 8.20. The second-order valence-corrected chi connectivity index (χ2v) is 8.72. The lowest BCUT2D eigenvalue weighted by Crippen LogP contribution is -2.36. The third-order valence-electron chi connectivity index (χ3n) is 6.24. The van der Waals surface area contributed by atoms with Gasteiger partial charge in [-0.1, -0.05) is 54.1 Å². The Balaban J connectivity index is 1.53. The van der Waals surface area contributed by atoms with Crippen LogP contribution >= 0.6 is 0 Å². The maximum Gasteiger partial charge on any atom is 0.273 e. The Morgan fingerprint density at radius 3 is 2.52 bits per heavy atom. The van der Waals surface area contributed by atoms with Gasteiger partial charge >= 0.3 is 0 Å². The van der Waals surface area contributed by atoms with E-state index in [-0.39, 0.29) is 5.91 Å². The highest BCUT2D eigenvalue weighted by atomic mass is 16.3. The summed E-state index contributed by atoms with van der Waals surface area (Å²) < 4.78 is 0. The molecule has 0 aliphatic carbocycles. The molecule has 0 atom stereocenters. The summed E-state index contributed by atoms with van der Waals surface area (Å²) in [6, 6.07) is 19.5. The summed E-state index contributed by atoms with van der Waals surface area (Å²) in [6.07, 6.45) is 0.600. The fraction of sp³-hybridized carbons (Fsp3) is 0.222. The van der Waals surface area contributed by atoms with Crippen LogP contribution in [-0.2, 0) is 13.0 Å². The number of carbonyl (C=O) groups excluding carboxylic acids is 1. The van der Waals surface area contributed by atoms with Gasteiger partial charge in [0.25, 0.3) is 5.91 Å². The van der Waals surface area contributed by atoms with Crippen molar-refractivity contribution in [2.24, 2.45) is 0 Å². The van der Waals surface area contributed by atoms with E-state index in [4.69, 9.17) is 9.97 Å². The van der Waals surface area contributed by atoms with E-state index in [0.29, 0.717) is 36.8 Å². The van der Waals surface area contributed by atoms with Crippen molar-refractivity contribution in [1.82, 2.24) is 14.9 Å². The van der Waals surface area contributed by atoms with Gasteiger partial charge in [0.05, 0.1) is 11.2 Å². The number of phenols is 1. The number of nitrogens with zero attached hydrogens (tertiary/aromatic N) is 4. The minimum Gasteiger partial charge on any atom is -0.505 e. The molecule has 1 aromatic heterocycles. The number of aromatic nitrogens is 2. The molecule has 6 heteroatoms. The Labute approximate surface area is 193 Å². The highest BCUT2D eigenvalue weighted by Gasteiger charge is 2.27. The Bertz CT molecular complexity index is 1360. The molecule has 0 fully saturated rings. The van der Waals surface area contributed by atoms with Crippen LogP contribution in [0.2, 0.25) is 0 Å². The molecule has 1 aliphatic rings. The van der Waals surface area contributed by atoms with Crippen molar-refractivity contribution in [2.45, 2.75) is 19.9 Å². The lowest BCUT2D eigenvalue weighted by atomic mass is 9.97. The predicted octanol–water partition coefficient (Wildman–Crippen LogP) is 4.58. The third-order valence-corrected chi connectivity index (χ3v) is 6.24. The quantitative estimate of drug-likeness (QED) is 0.507. The first kappa shape index (κ1) is 20.9. The molecule has 0 unspecified atom stereocenters. The van der Waals surface area contributed by atoms with Gasteiger partial charge in [-0.15, -0.1) is 0 Å². The fourth-order valence-electron chi connectivity index (χ4n) is 4.38. The first-order valence-electron chi connectivity index (χ1n) is 11.1. The molecule has 0 bridgehead atoms. The smallest absolute Gasteiger partial charge is 0.273 e. The number of anilines is 1. The number of phenolic OH excluding ortho intramolecular Hbond substituents is 1. The van der Waals surface area contributed by atoms with E-state index in [9.17, 15) is 9.90 Å². The van der Waals surface area contributed by atoms with E-state index in [1.165, 1.54) is 0 Å². The normalized spacial score (nSPS) is 13.1. The van der Waals surface area contributed by atoms with Crippen LogP contribution in [0.15, 0.2) is 60.7 Å². The Morgan fingerprint density at radius 2 is 1.76 bits per heavy atom. The SMILES string of the molecule is Cc1ccc(-c2nc(C(=O)N3CCc4c(ccc(N(C)C)c4O)C3)c3ccccc3n2)cc1. The van der Waals surface area contributed by atoms with Gasteiger partial charge in [-0.25, -0.2) is 9.97 Å². The van der Waals surface area contributed by atoms with Crippen LogP contribution in [-0.4, -0.2) is 46.5 Å². The summed E-state index contributed by atoms with van der Waals surface area (Å²) in [5.74, 6) is 0.727. The van der Waals surface area contributed by atoms with Crippen LogP contribution in [0.4, 0.5) is 5.69 Å². The van der Waals surface area contributed by atoms with Crippen molar-refractivity contribution in [3.63, 3.8) is 0 Å². The maximum absolute atomic E-state index is 13.7. The van der Waals surface area contributed by atoms with Crippen molar-refractivity contribution in [3.05, 3.63) is 83.0 Å². The van der Waals surface area contributed by atoms with E-state index in [1.807, 2.05) is 91.5 Å². The molecule has 5 rings (SSSR count). The third kappa shape index (κ3) is 3.78. The molecule has 4 aromatic rings. The molecule has 33 heavy (non-hydrogen) atoms. The zero-order valence-electron chi connectivity index (χ0n) is 19.0. The van der Waals surface area contributed by atoms with Gasteiger partial charge in [-0.05, 0) is 31.0 Å². The summed E-state index contributed by atoms with van der Waals surface area (Å²) >= 11 is 0. The topological polar surface area (TPSA) is 69.6 Å². The first-order chi connectivity index (χ1) is 15.9. The number of aromatic hydroxyl groups is 1. The van der Waals surface area contributed by atoms with Gasteiger partial charge in [-0.2, -0.15) is 0 Å². The summed E-state index contributed by atoms with van der Waals surface area (Å²) in [6.45, 7) is 3.00. The number of rotatable bonds is 3. The molecule has 3 aromatic carbocycles. The van der Waals surface area contributed by atoms with Crippen LogP contribution in [0.25, 0.3) is 22.3 Å². The van der Waals surface area contributed by atoms with E-state index < -0.39 is 0 Å². The number of hydrogen-bond acceptors (Lipinski definition) is 5. The number of para-hydroxylation sites is 1. The Kier molecular flexibility index (Phi) is 5.21. The Hall–Kier alpha value is -3.93. The van der Waals surface area contributed by atoms with Crippen LogP contribution in [0.3, 0.4) is 0 Å². The number of benzene rings is 3. The van der Waals surface area contributed by atoms with E-state index in [2.05, 4.69) is 0 Å². The molecular weight excluding hydrogens is 412 g/mol. The molecule has 0 radical (unpaired) electrons. The zero-order valence-corrected chi connectivity index (χ0v) is 19.0. The lowest BCUT2D eigenvalue weighted by Gasteiger charge is -2.30. The Morgan fingerprint density at radius 1 is 1.00 bits per heavy atom. The number of fused-ring (bicyclic) bond motifs is 2. The number of amides is 1. The second-order valence-electron chi connectivity index (χ2n) is 8.72. The molecule has 2 heterocycles. The molecule has 0 saturated heterocycles. The minimum absolute atomic E-state index is 0.121. The van der Waals surface area contributed by atoms with Crippen LogP contribution in [0, 0.1) is 6.92 Å². The molecule has 1 amide bonds. The van der Waals surface area contributed by atoms with Crippen LogP contribution in [0.1, 0.15) is 27.2 Å². The van der Waals surface area contributed by atoms with Gasteiger partial charge in [0.1, 0.15) is 11.4 Å². The van der Waals surface area contributed by atoms with E-state index in [0.717, 1.165) is 38.8 Å². The molecule has 0 spiro atoms. The number of carbonyl (C=O) groups is 1. The summed E-state index contributed by atoms with van der Waals surface area (Å²) in [7, 11) is 3.82. The molecule has 1 aliphatic heterocycles. The highest BCUT2D eigenvalue weighted by molar-refractivity contribution is 6.05. The number of hydrogen-bond donors (Lipinski definition) is 1. The van der Waals surface area contributed by atoms with Gasteiger partial charge < -0.3 is 14.9 Å². The molecule has 166 valence electrons. The maximum atomic E-state index is 13.7. The average Bonchev–Trinajstić information content (AvgIpc) is 2.83. The van der Waals surface area contributed by atoms with Crippen molar-refractivity contribution in [2.75, 3.05) is 25.5 Å². The van der Waals surface area contributed by atoms with Crippen molar-refractivity contribution in [1.29, 1.82) is 0 Å². The van der Waals surface area contributed by atoms with Crippen molar-refractivity contribution < 1.29 is 9.90 Å². The number of aryl methyl sites for hydroxylation is 1. The summed E-state index contributed by atoms with van der Waals surface area (Å²) in [5.41, 5.74) is 5.87. The van der Waals surface area contributed by atoms with Gasteiger partial charge in [0.15, 0.2) is 5.82 Å². The molecule has 1 N–H and O–H groups in total. The van der Waals surface area contributed by atoms with Crippen LogP contribution < -0.4 is 4.90 Å². The lowest BCUT2D eigenvalue weighted by molar-refractivity contribution is 0.0730. The standard InChI is InChI=1S/C27H26N4O2/c1-17-8-10-18(11-9-17)26-28-22-7-5-4-6-21(22)24(29-26)27(33)31-15-14-20-19(16-31)12-13-23(25(20)32)30(2)3/h4-13,32H,14-16H2,1-3H3. The average molecular weight is 439 g/mol. The van der Waals surface area contributed by atoms with Gasteiger partial charge in [0, 0.05) is 43.7 Å².